The average molecular weight is 697 g/mol. The lowest BCUT2D eigenvalue weighted by Gasteiger charge is -2.28. The molecule has 1 heterocycles. The van der Waals surface area contributed by atoms with Gasteiger partial charge in [-0.15, -0.1) is 0 Å². The van der Waals surface area contributed by atoms with E-state index >= 15 is 0 Å². The summed E-state index contributed by atoms with van der Waals surface area (Å²) in [5, 5.41) is 14.4. The Labute approximate surface area is 298 Å². The lowest BCUT2D eigenvalue weighted by Crippen LogP contribution is -2.60. The van der Waals surface area contributed by atoms with Gasteiger partial charge in [-0.05, 0) is 80.5 Å². The molecule has 0 bridgehead atoms. The lowest BCUT2D eigenvalue weighted by atomic mass is 10.0. The number of fused-ring (bicyclic) bond motifs is 1. The van der Waals surface area contributed by atoms with Crippen LogP contribution in [-0.2, 0) is 36.9 Å². The minimum atomic E-state index is -1.48. The van der Waals surface area contributed by atoms with E-state index in [1.165, 1.54) is 13.8 Å². The van der Waals surface area contributed by atoms with E-state index in [4.69, 9.17) is 4.74 Å². The number of alkyl carbamates (subject to hydrolysis) is 1. The fourth-order valence-corrected chi connectivity index (χ4v) is 5.69. The van der Waals surface area contributed by atoms with E-state index in [9.17, 15) is 24.0 Å². The first kappa shape index (κ1) is 38.2. The molecule has 0 saturated heterocycles. The molecule has 0 aliphatic carbocycles. The molecule has 2 atom stereocenters. The number of amides is 5. The number of carbonyl (C=O) groups excluding carboxylic acids is 5. The topological polar surface area (TPSA) is 171 Å². The van der Waals surface area contributed by atoms with E-state index in [1.54, 1.807) is 6.20 Å². The third-order valence-corrected chi connectivity index (χ3v) is 8.18. The lowest BCUT2D eigenvalue weighted by molar-refractivity contribution is -0.134. The molecule has 0 aliphatic heterocycles. The second-order valence-electron chi connectivity index (χ2n) is 13.7. The number of H-pyrrole nitrogens is 1. The number of aromatic amines is 1. The molecule has 0 aliphatic rings. The maximum absolute atomic E-state index is 13.7. The normalized spacial score (nSPS) is 12.5. The van der Waals surface area contributed by atoms with E-state index in [2.05, 4.69) is 31.6 Å². The van der Waals surface area contributed by atoms with Gasteiger partial charge in [0.05, 0.1) is 6.54 Å². The van der Waals surface area contributed by atoms with Crippen molar-refractivity contribution in [3.63, 3.8) is 0 Å². The number of hydrogen-bond acceptors (Lipinski definition) is 6. The van der Waals surface area contributed by atoms with Crippen LogP contribution in [0.4, 0.5) is 10.5 Å². The summed E-state index contributed by atoms with van der Waals surface area (Å²) < 4.78 is 5.38. The van der Waals surface area contributed by atoms with Crippen LogP contribution >= 0.6 is 0 Å². The molecular formula is C39H48N6O6. The fraction of sp³-hybridized carbons (Fsp3) is 0.359. The first-order valence-electron chi connectivity index (χ1n) is 17.0. The molecule has 51 heavy (non-hydrogen) atoms. The summed E-state index contributed by atoms with van der Waals surface area (Å²) >= 11 is 0. The van der Waals surface area contributed by atoms with Crippen molar-refractivity contribution < 1.29 is 28.7 Å². The molecule has 0 unspecified atom stereocenters. The van der Waals surface area contributed by atoms with Crippen molar-refractivity contribution >= 4 is 46.3 Å². The monoisotopic (exact) mass is 696 g/mol. The average Bonchev–Trinajstić information content (AvgIpc) is 3.47. The highest BCUT2D eigenvalue weighted by molar-refractivity contribution is 5.99. The Hall–Kier alpha value is -5.65. The molecule has 3 aromatic carbocycles. The third kappa shape index (κ3) is 11.4. The van der Waals surface area contributed by atoms with Crippen molar-refractivity contribution in [1.29, 1.82) is 0 Å². The van der Waals surface area contributed by atoms with Gasteiger partial charge in [-0.25, -0.2) is 4.79 Å². The van der Waals surface area contributed by atoms with Crippen molar-refractivity contribution in [2.45, 2.75) is 78.6 Å². The van der Waals surface area contributed by atoms with Gasteiger partial charge in [-0.3, -0.25) is 19.2 Å². The van der Waals surface area contributed by atoms with Gasteiger partial charge in [0, 0.05) is 29.2 Å². The van der Waals surface area contributed by atoms with E-state index in [0.29, 0.717) is 12.1 Å². The van der Waals surface area contributed by atoms with Gasteiger partial charge < -0.3 is 36.3 Å². The highest BCUT2D eigenvalue weighted by atomic mass is 16.5. The summed E-state index contributed by atoms with van der Waals surface area (Å²) in [4.78, 5) is 69.2. The van der Waals surface area contributed by atoms with Gasteiger partial charge in [0.2, 0.25) is 23.6 Å². The smallest absolute Gasteiger partial charge is 0.408 e. The summed E-state index contributed by atoms with van der Waals surface area (Å²) in [7, 11) is 0. The molecule has 0 saturated carbocycles. The van der Waals surface area contributed by atoms with Crippen LogP contribution in [0.15, 0.2) is 79.0 Å². The molecular weight excluding hydrogens is 648 g/mol. The van der Waals surface area contributed by atoms with Crippen LogP contribution in [0.25, 0.3) is 10.9 Å². The van der Waals surface area contributed by atoms with E-state index < -0.39 is 48.0 Å². The third-order valence-electron chi connectivity index (χ3n) is 8.18. The van der Waals surface area contributed by atoms with Crippen molar-refractivity contribution in [2.24, 2.45) is 5.92 Å². The number of aryl methyl sites for hydroxylation is 2. The molecule has 270 valence electrons. The fourth-order valence-electron chi connectivity index (χ4n) is 5.69. The molecule has 0 spiro atoms. The van der Waals surface area contributed by atoms with E-state index in [-0.39, 0.29) is 24.9 Å². The summed E-state index contributed by atoms with van der Waals surface area (Å²) in [6.45, 7) is 10.3. The van der Waals surface area contributed by atoms with E-state index in [0.717, 1.165) is 33.2 Å². The predicted octanol–water partition coefficient (Wildman–Crippen LogP) is 4.80. The SMILES string of the molecule is Cc1cc(C)cc(NC(=O)[C@H](CC(C)C)NC(=O)CNC(=O)C(C)(C)NC(=O)[C@H](Cc2c[nH]c3ccccc23)NC(=O)OCc2ccccc2)c1. The second kappa shape index (κ2) is 17.3. The predicted molar refractivity (Wildman–Crippen MR) is 197 cm³/mol. The standard InChI is InChI=1S/C39H48N6O6/c1-24(2)16-32(35(47)42-29-18-25(3)17-26(4)19-29)43-34(46)22-41-37(49)39(5,6)45-36(48)33(20-28-21-40-31-15-11-10-14-30(28)31)44-38(50)51-23-27-12-8-7-9-13-27/h7-15,17-19,21,24,32-33,40H,16,20,22-23H2,1-6H3,(H,41,49)(H,42,47)(H,43,46)(H,44,50)(H,45,48)/t32-,33-/m0/s1. The molecule has 0 fully saturated rings. The van der Waals surface area contributed by atoms with Gasteiger partial charge in [0.1, 0.15) is 24.2 Å². The Bertz CT molecular complexity index is 1830. The summed E-state index contributed by atoms with van der Waals surface area (Å²) in [5.74, 6) is -2.08. The highest BCUT2D eigenvalue weighted by Gasteiger charge is 2.34. The van der Waals surface area contributed by atoms with Crippen LogP contribution in [0.3, 0.4) is 0 Å². The van der Waals surface area contributed by atoms with Gasteiger partial charge in [-0.1, -0.05) is 68.4 Å². The number of carbonyl (C=O) groups is 5. The van der Waals surface area contributed by atoms with Gasteiger partial charge in [0.15, 0.2) is 0 Å². The van der Waals surface area contributed by atoms with Crippen LogP contribution in [0.5, 0.6) is 0 Å². The number of ether oxygens (including phenoxy) is 1. The van der Waals surface area contributed by atoms with Crippen LogP contribution in [0.2, 0.25) is 0 Å². The molecule has 1 aromatic heterocycles. The van der Waals surface area contributed by atoms with Gasteiger partial charge in [-0.2, -0.15) is 0 Å². The van der Waals surface area contributed by atoms with Crippen molar-refractivity contribution in [3.8, 4) is 0 Å². The Morgan fingerprint density at radius 1 is 0.824 bits per heavy atom. The van der Waals surface area contributed by atoms with Gasteiger partial charge >= 0.3 is 6.09 Å². The number of hydrogen-bond donors (Lipinski definition) is 6. The maximum atomic E-state index is 13.7. The Morgan fingerprint density at radius 2 is 1.49 bits per heavy atom. The number of para-hydroxylation sites is 1. The quantitative estimate of drug-likeness (QED) is 0.104. The molecule has 4 aromatic rings. The molecule has 12 heteroatoms. The maximum Gasteiger partial charge on any atom is 0.408 e. The molecule has 4 rings (SSSR count). The number of anilines is 1. The first-order chi connectivity index (χ1) is 24.2. The second-order valence-corrected chi connectivity index (χ2v) is 13.7. The van der Waals surface area contributed by atoms with Crippen molar-refractivity contribution in [1.82, 2.24) is 26.3 Å². The van der Waals surface area contributed by atoms with Crippen molar-refractivity contribution in [2.75, 3.05) is 11.9 Å². The van der Waals surface area contributed by atoms with Crippen molar-refractivity contribution in [3.05, 3.63) is 101 Å². The first-order valence-corrected chi connectivity index (χ1v) is 17.0. The van der Waals surface area contributed by atoms with Crippen LogP contribution < -0.4 is 26.6 Å². The number of benzene rings is 3. The Balaban J connectivity index is 1.38. The zero-order valence-electron chi connectivity index (χ0n) is 30.0. The number of aromatic nitrogens is 1. The van der Waals surface area contributed by atoms with E-state index in [1.807, 2.05) is 100 Å². The van der Waals surface area contributed by atoms with Crippen LogP contribution in [0, 0.1) is 19.8 Å². The molecule has 0 radical (unpaired) electrons. The molecule has 5 amide bonds. The van der Waals surface area contributed by atoms with Crippen LogP contribution in [0.1, 0.15) is 56.4 Å². The number of rotatable bonds is 15. The Kier molecular flexibility index (Phi) is 13.0. The molecule has 12 nitrogen and oxygen atoms in total. The molecule has 6 N–H and O–H groups in total. The summed E-state index contributed by atoms with van der Waals surface area (Å²) in [5.41, 5.74) is 3.58. The zero-order valence-corrected chi connectivity index (χ0v) is 30.0. The summed E-state index contributed by atoms with van der Waals surface area (Å²) in [6, 6.07) is 20.5. The minimum Gasteiger partial charge on any atom is -0.445 e. The largest absolute Gasteiger partial charge is 0.445 e. The number of nitrogens with one attached hydrogen (secondary N) is 6. The zero-order chi connectivity index (χ0) is 37.1. The van der Waals surface area contributed by atoms with Gasteiger partial charge in [0.25, 0.3) is 0 Å². The minimum absolute atomic E-state index is 0.00927. The Morgan fingerprint density at radius 3 is 2.18 bits per heavy atom. The highest BCUT2D eigenvalue weighted by Crippen LogP contribution is 2.20. The summed E-state index contributed by atoms with van der Waals surface area (Å²) in [6.07, 6.45) is 1.47. The van der Waals surface area contributed by atoms with Crippen LogP contribution in [-0.4, -0.2) is 58.9 Å².